The van der Waals surface area contributed by atoms with Gasteiger partial charge in [-0.05, 0) is 94.0 Å². The van der Waals surface area contributed by atoms with Gasteiger partial charge in [0.05, 0.1) is 21.8 Å². The molecule has 0 spiro atoms. The van der Waals surface area contributed by atoms with Crippen molar-refractivity contribution < 1.29 is 0 Å². The lowest BCUT2D eigenvalue weighted by Crippen LogP contribution is -2.13. The molecule has 11 aromatic rings. The lowest BCUT2D eigenvalue weighted by atomic mass is 9.97. The van der Waals surface area contributed by atoms with Gasteiger partial charge in [0.2, 0.25) is 0 Å². The molecule has 0 aliphatic heterocycles. The van der Waals surface area contributed by atoms with E-state index in [-0.39, 0.29) is 0 Å². The summed E-state index contributed by atoms with van der Waals surface area (Å²) >= 11 is 1.86. The average Bonchev–Trinajstić information content (AvgIpc) is 3.76. The van der Waals surface area contributed by atoms with Crippen LogP contribution in [0.3, 0.4) is 0 Å². The minimum atomic E-state index is 1.08. The van der Waals surface area contributed by atoms with Crippen LogP contribution in [0.15, 0.2) is 255 Å². The van der Waals surface area contributed by atoms with Crippen molar-refractivity contribution in [1.82, 2.24) is 0 Å². The smallest absolute Gasteiger partial charge is 0.0640 e. The zero-order valence-electron chi connectivity index (χ0n) is 34.6. The van der Waals surface area contributed by atoms with E-state index in [0.29, 0.717) is 0 Å². The lowest BCUT2D eigenvalue weighted by molar-refractivity contribution is 1.27. The molecule has 2 nitrogen and oxygen atoms in total. The van der Waals surface area contributed by atoms with Crippen molar-refractivity contribution in [3.05, 3.63) is 255 Å². The third-order valence-electron chi connectivity index (χ3n) is 11.9. The Morgan fingerprint density at radius 2 is 0.587 bits per heavy atom. The van der Waals surface area contributed by atoms with Crippen LogP contribution in [0, 0.1) is 0 Å². The molecule has 0 bridgehead atoms. The number of para-hydroxylation sites is 2. The highest BCUT2D eigenvalue weighted by atomic mass is 32.1. The van der Waals surface area contributed by atoms with E-state index in [0.717, 1.165) is 45.3 Å². The summed E-state index contributed by atoms with van der Waals surface area (Å²) in [4.78, 5) is 4.87. The number of rotatable bonds is 10. The van der Waals surface area contributed by atoms with Gasteiger partial charge in [0.25, 0.3) is 0 Å². The standard InChI is InChI=1S/C60H42N2S/c1-4-17-43(18-5-1)46-31-37-49(38-32-46)61(50-39-33-47(34-40-50)44-19-6-2-7-20-44)56-27-13-10-23-52(56)53-24-11-14-28-57(53)62(51-41-35-48(36-42-51)45-21-8-3-9-22-45)58-29-16-26-55-54-25-12-15-30-59(54)63-60(55)58/h1-42H. The van der Waals surface area contributed by atoms with Crippen LogP contribution >= 0.6 is 11.3 Å². The Balaban J connectivity index is 1.10. The molecule has 0 atom stereocenters. The normalized spacial score (nSPS) is 11.2. The van der Waals surface area contributed by atoms with Crippen LogP contribution in [-0.2, 0) is 0 Å². The Bertz CT molecular complexity index is 3220. The number of benzene rings is 10. The van der Waals surface area contributed by atoms with E-state index < -0.39 is 0 Å². The topological polar surface area (TPSA) is 6.48 Å². The maximum atomic E-state index is 2.46. The van der Waals surface area contributed by atoms with Crippen LogP contribution < -0.4 is 9.80 Å². The molecule has 0 radical (unpaired) electrons. The summed E-state index contributed by atoms with van der Waals surface area (Å²) in [7, 11) is 0. The molecule has 0 N–H and O–H groups in total. The van der Waals surface area contributed by atoms with Gasteiger partial charge in [-0.15, -0.1) is 11.3 Å². The van der Waals surface area contributed by atoms with Gasteiger partial charge in [-0.2, -0.15) is 0 Å². The van der Waals surface area contributed by atoms with Gasteiger partial charge in [-0.1, -0.05) is 194 Å². The number of hydrogen-bond acceptors (Lipinski definition) is 3. The Kier molecular flexibility index (Phi) is 10.1. The summed E-state index contributed by atoms with van der Waals surface area (Å²) in [6.07, 6.45) is 0. The first-order valence-electron chi connectivity index (χ1n) is 21.4. The van der Waals surface area contributed by atoms with Crippen LogP contribution in [0.25, 0.3) is 64.7 Å². The Labute approximate surface area is 372 Å². The summed E-state index contributed by atoms with van der Waals surface area (Å²) in [6.45, 7) is 0. The van der Waals surface area contributed by atoms with Crippen LogP contribution in [0.2, 0.25) is 0 Å². The molecule has 0 aliphatic carbocycles. The molecule has 1 heterocycles. The predicted octanol–water partition coefficient (Wildman–Crippen LogP) is 17.7. The summed E-state index contributed by atoms with van der Waals surface area (Å²) in [5, 5.41) is 2.55. The number of thiophene rings is 1. The van der Waals surface area contributed by atoms with E-state index in [2.05, 4.69) is 265 Å². The number of nitrogens with zero attached hydrogens (tertiary/aromatic N) is 2. The maximum Gasteiger partial charge on any atom is 0.0640 e. The van der Waals surface area contributed by atoms with Crippen molar-refractivity contribution in [2.45, 2.75) is 0 Å². The fourth-order valence-electron chi connectivity index (χ4n) is 8.84. The first kappa shape index (κ1) is 38.0. The minimum absolute atomic E-state index is 1.08. The zero-order valence-corrected chi connectivity index (χ0v) is 35.4. The molecule has 11 rings (SSSR count). The van der Waals surface area contributed by atoms with Crippen molar-refractivity contribution >= 4 is 65.6 Å². The lowest BCUT2D eigenvalue weighted by Gasteiger charge is -2.31. The first-order valence-corrected chi connectivity index (χ1v) is 22.2. The van der Waals surface area contributed by atoms with Crippen LogP contribution in [-0.4, -0.2) is 0 Å². The zero-order chi connectivity index (χ0) is 42.0. The van der Waals surface area contributed by atoms with Gasteiger partial charge in [0.1, 0.15) is 0 Å². The van der Waals surface area contributed by atoms with E-state index in [1.807, 2.05) is 11.3 Å². The number of fused-ring (bicyclic) bond motifs is 3. The summed E-state index contributed by atoms with van der Waals surface area (Å²) < 4.78 is 2.54. The summed E-state index contributed by atoms with van der Waals surface area (Å²) in [6, 6.07) is 92.0. The van der Waals surface area contributed by atoms with Gasteiger partial charge in [-0.3, -0.25) is 0 Å². The molecule has 0 saturated heterocycles. The van der Waals surface area contributed by atoms with E-state index in [1.165, 1.54) is 53.6 Å². The Hall–Kier alpha value is -7.98. The molecular formula is C60H42N2S. The number of hydrogen-bond donors (Lipinski definition) is 0. The molecule has 298 valence electrons. The summed E-state index contributed by atoms with van der Waals surface area (Å²) in [5.41, 5.74) is 16.0. The van der Waals surface area contributed by atoms with Crippen LogP contribution in [0.5, 0.6) is 0 Å². The highest BCUT2D eigenvalue weighted by Crippen LogP contribution is 2.50. The van der Waals surface area contributed by atoms with Gasteiger partial charge in [-0.25, -0.2) is 0 Å². The highest BCUT2D eigenvalue weighted by molar-refractivity contribution is 7.26. The van der Waals surface area contributed by atoms with Crippen molar-refractivity contribution in [1.29, 1.82) is 0 Å². The molecule has 0 amide bonds. The number of anilines is 6. The molecular weight excluding hydrogens is 781 g/mol. The van der Waals surface area contributed by atoms with Gasteiger partial charge in [0, 0.05) is 43.7 Å². The largest absolute Gasteiger partial charge is 0.310 e. The van der Waals surface area contributed by atoms with Gasteiger partial charge < -0.3 is 9.80 Å². The molecule has 10 aromatic carbocycles. The summed E-state index contributed by atoms with van der Waals surface area (Å²) in [5.74, 6) is 0. The monoisotopic (exact) mass is 822 g/mol. The molecule has 0 saturated carbocycles. The second-order valence-corrected chi connectivity index (χ2v) is 16.7. The SMILES string of the molecule is c1ccc(-c2ccc(N(c3ccc(-c4ccccc4)cc3)c3ccccc3-c3ccccc3N(c3ccc(-c4ccccc4)cc3)c3cccc4c3sc3ccccc34)cc2)cc1. The maximum absolute atomic E-state index is 2.46. The van der Waals surface area contributed by atoms with Crippen molar-refractivity contribution in [2.24, 2.45) is 0 Å². The molecule has 1 aromatic heterocycles. The van der Waals surface area contributed by atoms with E-state index in [9.17, 15) is 0 Å². The second-order valence-electron chi connectivity index (χ2n) is 15.7. The van der Waals surface area contributed by atoms with Crippen molar-refractivity contribution in [3.63, 3.8) is 0 Å². The Morgan fingerprint density at radius 3 is 1.08 bits per heavy atom. The third kappa shape index (κ3) is 7.35. The van der Waals surface area contributed by atoms with Crippen molar-refractivity contribution in [2.75, 3.05) is 9.80 Å². The van der Waals surface area contributed by atoms with E-state index in [1.54, 1.807) is 0 Å². The average molecular weight is 823 g/mol. The predicted molar refractivity (Wildman–Crippen MR) is 270 cm³/mol. The third-order valence-corrected chi connectivity index (χ3v) is 13.1. The highest BCUT2D eigenvalue weighted by Gasteiger charge is 2.24. The van der Waals surface area contributed by atoms with Crippen molar-refractivity contribution in [3.8, 4) is 44.5 Å². The molecule has 3 heteroatoms. The van der Waals surface area contributed by atoms with E-state index >= 15 is 0 Å². The fraction of sp³-hybridized carbons (Fsp3) is 0. The van der Waals surface area contributed by atoms with Crippen LogP contribution in [0.1, 0.15) is 0 Å². The second kappa shape index (κ2) is 16.8. The van der Waals surface area contributed by atoms with E-state index in [4.69, 9.17) is 0 Å². The molecule has 0 aliphatic rings. The Morgan fingerprint density at radius 1 is 0.238 bits per heavy atom. The molecule has 0 fully saturated rings. The van der Waals surface area contributed by atoms with Gasteiger partial charge >= 0.3 is 0 Å². The molecule has 0 unspecified atom stereocenters. The fourth-order valence-corrected chi connectivity index (χ4v) is 10.0. The van der Waals surface area contributed by atoms with Crippen LogP contribution in [0.4, 0.5) is 34.1 Å². The quantitative estimate of drug-likeness (QED) is 0.136. The minimum Gasteiger partial charge on any atom is -0.310 e. The first-order chi connectivity index (χ1) is 31.3. The molecule has 63 heavy (non-hydrogen) atoms. The van der Waals surface area contributed by atoms with Gasteiger partial charge in [0.15, 0.2) is 0 Å².